The molecule has 1 atom stereocenters. The number of hydrogen-bond acceptors (Lipinski definition) is 4. The average molecular weight is 327 g/mol. The molecule has 0 aliphatic carbocycles. The van der Waals surface area contributed by atoms with Gasteiger partial charge in [-0.15, -0.1) is 5.10 Å². The van der Waals surface area contributed by atoms with Gasteiger partial charge in [-0.3, -0.25) is 4.57 Å². The highest BCUT2D eigenvalue weighted by atomic mass is 35.5. The molecule has 0 radical (unpaired) electrons. The van der Waals surface area contributed by atoms with Crippen molar-refractivity contribution in [2.45, 2.75) is 49.3 Å². The molecular weight excluding hydrogens is 308 g/mol. The van der Waals surface area contributed by atoms with Gasteiger partial charge in [-0.25, -0.2) is 9.89 Å². The summed E-state index contributed by atoms with van der Waals surface area (Å²) < 4.78 is 1.58. The van der Waals surface area contributed by atoms with Gasteiger partial charge in [0.25, 0.3) is 0 Å². The molecule has 0 saturated heterocycles. The van der Waals surface area contributed by atoms with E-state index in [4.69, 9.17) is 17.3 Å². The van der Waals surface area contributed by atoms with Crippen molar-refractivity contribution >= 4 is 23.4 Å². The fourth-order valence-electron chi connectivity index (χ4n) is 2.01. The third kappa shape index (κ3) is 3.70. The summed E-state index contributed by atoms with van der Waals surface area (Å²) in [6.45, 7) is 4.53. The van der Waals surface area contributed by atoms with Crippen LogP contribution in [-0.2, 0) is 13.0 Å². The number of hydrogen-bond donors (Lipinski definition) is 2. The van der Waals surface area contributed by atoms with Crippen LogP contribution in [0.1, 0.15) is 25.8 Å². The fraction of sp³-hybridized carbons (Fsp3) is 0.429. The molecular formula is C14H19ClN4OS. The van der Waals surface area contributed by atoms with Crippen LogP contribution in [0, 0.1) is 0 Å². The quantitative estimate of drug-likeness (QED) is 0.855. The number of aromatic amines is 1. The summed E-state index contributed by atoms with van der Waals surface area (Å²) in [5.74, 6) is 0. The Balaban J connectivity index is 2.36. The highest BCUT2D eigenvalue weighted by molar-refractivity contribution is 7.99. The summed E-state index contributed by atoms with van der Waals surface area (Å²) >= 11 is 7.72. The molecule has 0 aliphatic heterocycles. The molecule has 114 valence electrons. The molecule has 1 unspecified atom stereocenters. The number of nitrogens with one attached hydrogen (secondary N) is 1. The van der Waals surface area contributed by atoms with E-state index in [9.17, 15) is 4.79 Å². The van der Waals surface area contributed by atoms with Crippen molar-refractivity contribution in [1.29, 1.82) is 0 Å². The van der Waals surface area contributed by atoms with Gasteiger partial charge in [0.1, 0.15) is 0 Å². The Hall–Kier alpha value is -1.24. The average Bonchev–Trinajstić information content (AvgIpc) is 2.82. The molecule has 0 spiro atoms. The molecule has 1 heterocycles. The van der Waals surface area contributed by atoms with Gasteiger partial charge in [0.05, 0.1) is 5.02 Å². The highest BCUT2D eigenvalue weighted by Crippen LogP contribution is 2.35. The molecule has 7 heteroatoms. The predicted octanol–water partition coefficient (Wildman–Crippen LogP) is 2.68. The SMILES string of the molecule is CCC(N)Cc1cccc(Cl)c1Sc1n[nH]c(=O)n1CC. The van der Waals surface area contributed by atoms with Gasteiger partial charge in [0.15, 0.2) is 5.16 Å². The second kappa shape index (κ2) is 7.15. The first-order valence-electron chi connectivity index (χ1n) is 6.92. The molecule has 5 nitrogen and oxygen atoms in total. The summed E-state index contributed by atoms with van der Waals surface area (Å²) in [4.78, 5) is 12.5. The Kier molecular flexibility index (Phi) is 5.50. The van der Waals surface area contributed by atoms with Crippen LogP contribution in [0.3, 0.4) is 0 Å². The molecule has 0 bridgehead atoms. The van der Waals surface area contributed by atoms with Crippen molar-refractivity contribution in [2.75, 3.05) is 0 Å². The monoisotopic (exact) mass is 326 g/mol. The Bertz CT molecular complexity index is 667. The second-order valence-electron chi connectivity index (χ2n) is 4.76. The lowest BCUT2D eigenvalue weighted by Crippen LogP contribution is -2.21. The second-order valence-corrected chi connectivity index (χ2v) is 6.14. The van der Waals surface area contributed by atoms with E-state index < -0.39 is 0 Å². The van der Waals surface area contributed by atoms with Crippen molar-refractivity contribution in [3.05, 3.63) is 39.3 Å². The maximum absolute atomic E-state index is 11.6. The minimum atomic E-state index is -0.209. The zero-order valence-corrected chi connectivity index (χ0v) is 13.7. The highest BCUT2D eigenvalue weighted by Gasteiger charge is 2.15. The van der Waals surface area contributed by atoms with Gasteiger partial charge in [-0.1, -0.05) is 30.7 Å². The predicted molar refractivity (Wildman–Crippen MR) is 86.1 cm³/mol. The third-order valence-corrected chi connectivity index (χ3v) is 4.90. The van der Waals surface area contributed by atoms with E-state index in [1.807, 2.05) is 25.1 Å². The van der Waals surface area contributed by atoms with Gasteiger partial charge in [-0.2, -0.15) is 0 Å². The van der Waals surface area contributed by atoms with E-state index in [0.717, 1.165) is 23.3 Å². The van der Waals surface area contributed by atoms with E-state index in [2.05, 4.69) is 17.1 Å². The topological polar surface area (TPSA) is 76.7 Å². The zero-order valence-electron chi connectivity index (χ0n) is 12.1. The van der Waals surface area contributed by atoms with Crippen molar-refractivity contribution in [3.63, 3.8) is 0 Å². The van der Waals surface area contributed by atoms with E-state index in [1.54, 1.807) is 4.57 Å². The van der Waals surface area contributed by atoms with Gasteiger partial charge in [0, 0.05) is 17.5 Å². The van der Waals surface area contributed by atoms with Gasteiger partial charge in [-0.05, 0) is 43.2 Å². The summed E-state index contributed by atoms with van der Waals surface area (Å²) in [5.41, 5.74) is 6.92. The first-order valence-corrected chi connectivity index (χ1v) is 8.12. The van der Waals surface area contributed by atoms with Crippen LogP contribution < -0.4 is 11.4 Å². The number of rotatable bonds is 6. The minimum Gasteiger partial charge on any atom is -0.327 e. The molecule has 21 heavy (non-hydrogen) atoms. The van der Waals surface area contributed by atoms with Crippen LogP contribution >= 0.6 is 23.4 Å². The molecule has 0 fully saturated rings. The Morgan fingerprint density at radius 1 is 1.48 bits per heavy atom. The van der Waals surface area contributed by atoms with E-state index in [0.29, 0.717) is 16.7 Å². The smallest absolute Gasteiger partial charge is 0.327 e. The number of nitrogens with two attached hydrogens (primary N) is 1. The van der Waals surface area contributed by atoms with Gasteiger partial charge in [0.2, 0.25) is 0 Å². The number of halogens is 1. The Morgan fingerprint density at radius 3 is 2.90 bits per heavy atom. The molecule has 1 aromatic heterocycles. The van der Waals surface area contributed by atoms with Crippen LogP contribution in [0.4, 0.5) is 0 Å². The number of aromatic nitrogens is 3. The summed E-state index contributed by atoms with van der Waals surface area (Å²) in [6, 6.07) is 5.87. The third-order valence-electron chi connectivity index (χ3n) is 3.29. The van der Waals surface area contributed by atoms with Crippen LogP contribution in [0.2, 0.25) is 5.02 Å². The normalized spacial score (nSPS) is 12.6. The lowest BCUT2D eigenvalue weighted by molar-refractivity contribution is 0.640. The molecule has 2 aromatic rings. The van der Waals surface area contributed by atoms with Crippen molar-refractivity contribution in [2.24, 2.45) is 5.73 Å². The standard InChI is InChI=1S/C14H19ClN4OS/c1-3-10(16)8-9-6-5-7-11(15)12(9)21-14-18-17-13(20)19(14)4-2/h5-7,10H,3-4,8,16H2,1-2H3,(H,17,20). The zero-order chi connectivity index (χ0) is 15.4. The molecule has 3 N–H and O–H groups in total. The maximum Gasteiger partial charge on any atom is 0.343 e. The van der Waals surface area contributed by atoms with Gasteiger partial charge < -0.3 is 5.73 Å². The number of benzene rings is 1. The minimum absolute atomic E-state index is 0.0929. The molecule has 1 aromatic carbocycles. The van der Waals surface area contributed by atoms with E-state index >= 15 is 0 Å². The largest absolute Gasteiger partial charge is 0.343 e. The van der Waals surface area contributed by atoms with Crippen molar-refractivity contribution in [3.8, 4) is 0 Å². The van der Waals surface area contributed by atoms with Crippen LogP contribution in [0.25, 0.3) is 0 Å². The molecule has 0 amide bonds. The van der Waals surface area contributed by atoms with Crippen molar-refractivity contribution < 1.29 is 0 Å². The van der Waals surface area contributed by atoms with Gasteiger partial charge >= 0.3 is 5.69 Å². The van der Waals surface area contributed by atoms with E-state index in [-0.39, 0.29) is 11.7 Å². The molecule has 0 saturated carbocycles. The number of H-pyrrole nitrogens is 1. The summed E-state index contributed by atoms with van der Waals surface area (Å²) in [7, 11) is 0. The molecule has 0 aliphatic rings. The fourth-order valence-corrected chi connectivity index (χ4v) is 3.36. The Labute approximate surface area is 132 Å². The lowest BCUT2D eigenvalue weighted by Gasteiger charge is -2.14. The lowest BCUT2D eigenvalue weighted by atomic mass is 10.0. The van der Waals surface area contributed by atoms with Crippen LogP contribution in [0.5, 0.6) is 0 Å². The van der Waals surface area contributed by atoms with Crippen LogP contribution in [-0.4, -0.2) is 20.8 Å². The summed E-state index contributed by atoms with van der Waals surface area (Å²) in [5, 5.41) is 7.79. The summed E-state index contributed by atoms with van der Waals surface area (Å²) in [6.07, 6.45) is 1.65. The number of nitrogens with zero attached hydrogens (tertiary/aromatic N) is 2. The Morgan fingerprint density at radius 2 is 2.24 bits per heavy atom. The van der Waals surface area contributed by atoms with E-state index in [1.165, 1.54) is 11.8 Å². The van der Waals surface area contributed by atoms with Crippen molar-refractivity contribution in [1.82, 2.24) is 14.8 Å². The molecule has 2 rings (SSSR count). The van der Waals surface area contributed by atoms with Crippen LogP contribution in [0.15, 0.2) is 33.0 Å². The first kappa shape index (κ1) is 16.1. The first-order chi connectivity index (χ1) is 10.1. The maximum atomic E-state index is 11.6.